The number of nitrogens with one attached hydrogen (secondary N) is 1. The Hall–Kier alpha value is -2.69. The third-order valence-corrected chi connectivity index (χ3v) is 3.18. The van der Waals surface area contributed by atoms with Gasteiger partial charge < -0.3 is 20.5 Å². The highest BCUT2D eigenvalue weighted by Gasteiger charge is 2.16. The van der Waals surface area contributed by atoms with E-state index in [4.69, 9.17) is 15.2 Å². The van der Waals surface area contributed by atoms with Gasteiger partial charge in [0.05, 0.1) is 19.8 Å². The highest BCUT2D eigenvalue weighted by Crippen LogP contribution is 2.31. The van der Waals surface area contributed by atoms with Crippen LogP contribution in [0.4, 0.5) is 11.4 Å². The van der Waals surface area contributed by atoms with Crippen LogP contribution in [0.3, 0.4) is 0 Å². The maximum Gasteiger partial charge on any atom is 0.259 e. The summed E-state index contributed by atoms with van der Waals surface area (Å²) in [7, 11) is 3.03. The molecule has 110 valence electrons. The van der Waals surface area contributed by atoms with Crippen LogP contribution in [0.1, 0.15) is 15.9 Å². The lowest BCUT2D eigenvalue weighted by molar-refractivity contribution is 0.102. The topological polar surface area (TPSA) is 73.6 Å². The van der Waals surface area contributed by atoms with Crippen LogP contribution >= 0.6 is 0 Å². The smallest absolute Gasteiger partial charge is 0.259 e. The lowest BCUT2D eigenvalue weighted by Gasteiger charge is -2.13. The highest BCUT2D eigenvalue weighted by atomic mass is 16.5. The standard InChI is InChI=1S/C16H18N2O3/c1-10-9-11(7-8-13(10)17)18-16(19)12-5-4-6-14(20-2)15(12)21-3/h4-9H,17H2,1-3H3,(H,18,19). The SMILES string of the molecule is COc1cccc(C(=O)Nc2ccc(N)c(C)c2)c1OC. The number of ether oxygens (including phenoxy) is 2. The molecule has 5 nitrogen and oxygen atoms in total. The van der Waals surface area contributed by atoms with Crippen molar-refractivity contribution in [3.05, 3.63) is 47.5 Å². The highest BCUT2D eigenvalue weighted by molar-refractivity contribution is 6.06. The minimum Gasteiger partial charge on any atom is -0.493 e. The van der Waals surface area contributed by atoms with Gasteiger partial charge in [-0.05, 0) is 42.8 Å². The molecule has 2 aromatic carbocycles. The Morgan fingerprint density at radius 2 is 1.90 bits per heavy atom. The normalized spacial score (nSPS) is 10.0. The minimum atomic E-state index is -0.269. The number of hydrogen-bond donors (Lipinski definition) is 2. The lowest BCUT2D eigenvalue weighted by atomic mass is 10.1. The summed E-state index contributed by atoms with van der Waals surface area (Å²) in [5, 5.41) is 2.82. The van der Waals surface area contributed by atoms with E-state index in [1.54, 1.807) is 30.3 Å². The number of benzene rings is 2. The van der Waals surface area contributed by atoms with Gasteiger partial charge in [0, 0.05) is 11.4 Å². The van der Waals surface area contributed by atoms with Crippen LogP contribution in [0.25, 0.3) is 0 Å². The Morgan fingerprint density at radius 3 is 2.52 bits per heavy atom. The Labute approximate surface area is 123 Å². The third-order valence-electron chi connectivity index (χ3n) is 3.18. The van der Waals surface area contributed by atoms with E-state index < -0.39 is 0 Å². The number of rotatable bonds is 4. The first-order chi connectivity index (χ1) is 10.1. The molecule has 0 aliphatic heterocycles. The number of hydrogen-bond acceptors (Lipinski definition) is 4. The molecular formula is C16H18N2O3. The molecule has 0 spiro atoms. The summed E-state index contributed by atoms with van der Waals surface area (Å²) in [5.74, 6) is 0.651. The average molecular weight is 286 g/mol. The molecule has 0 atom stereocenters. The van der Waals surface area contributed by atoms with Crippen molar-refractivity contribution in [2.45, 2.75) is 6.92 Å². The van der Waals surface area contributed by atoms with E-state index in [0.29, 0.717) is 28.4 Å². The van der Waals surface area contributed by atoms with Gasteiger partial charge in [0.15, 0.2) is 11.5 Å². The van der Waals surface area contributed by atoms with E-state index in [0.717, 1.165) is 5.56 Å². The van der Waals surface area contributed by atoms with Gasteiger partial charge in [-0.3, -0.25) is 4.79 Å². The molecule has 0 bridgehead atoms. The summed E-state index contributed by atoms with van der Waals surface area (Å²) < 4.78 is 10.5. The zero-order valence-corrected chi connectivity index (χ0v) is 12.3. The number of nitrogens with two attached hydrogens (primary N) is 1. The predicted molar refractivity (Wildman–Crippen MR) is 83.1 cm³/mol. The second kappa shape index (κ2) is 6.17. The van der Waals surface area contributed by atoms with Gasteiger partial charge in [0.1, 0.15) is 0 Å². The monoisotopic (exact) mass is 286 g/mol. The second-order valence-corrected chi connectivity index (χ2v) is 4.57. The van der Waals surface area contributed by atoms with E-state index in [9.17, 15) is 4.79 Å². The Balaban J connectivity index is 2.30. The first-order valence-corrected chi connectivity index (χ1v) is 6.45. The van der Waals surface area contributed by atoms with Crippen molar-refractivity contribution in [1.29, 1.82) is 0 Å². The molecule has 0 saturated carbocycles. The maximum atomic E-state index is 12.4. The maximum absolute atomic E-state index is 12.4. The van der Waals surface area contributed by atoms with Crippen molar-refractivity contribution in [2.24, 2.45) is 0 Å². The van der Waals surface area contributed by atoms with E-state index in [1.807, 2.05) is 13.0 Å². The fraction of sp³-hybridized carbons (Fsp3) is 0.188. The molecule has 0 aromatic heterocycles. The van der Waals surface area contributed by atoms with Crippen LogP contribution in [0, 0.1) is 6.92 Å². The van der Waals surface area contributed by atoms with Crippen molar-refractivity contribution < 1.29 is 14.3 Å². The number of nitrogen functional groups attached to an aromatic ring is 1. The summed E-state index contributed by atoms with van der Waals surface area (Å²) in [5.41, 5.74) is 8.45. The number of methoxy groups -OCH3 is 2. The quantitative estimate of drug-likeness (QED) is 0.848. The van der Waals surface area contributed by atoms with Crippen molar-refractivity contribution in [3.63, 3.8) is 0 Å². The summed E-state index contributed by atoms with van der Waals surface area (Å²) in [4.78, 5) is 12.4. The molecule has 0 aliphatic carbocycles. The fourth-order valence-corrected chi connectivity index (χ4v) is 2.02. The Morgan fingerprint density at radius 1 is 1.14 bits per heavy atom. The van der Waals surface area contributed by atoms with Gasteiger partial charge in [-0.15, -0.1) is 0 Å². The number of carbonyl (C=O) groups is 1. The van der Waals surface area contributed by atoms with Crippen LogP contribution < -0.4 is 20.5 Å². The fourth-order valence-electron chi connectivity index (χ4n) is 2.02. The lowest BCUT2D eigenvalue weighted by Crippen LogP contribution is -2.13. The molecule has 2 rings (SSSR count). The van der Waals surface area contributed by atoms with Crippen molar-refractivity contribution in [2.75, 3.05) is 25.3 Å². The number of para-hydroxylation sites is 1. The molecule has 5 heteroatoms. The van der Waals surface area contributed by atoms with Gasteiger partial charge in [-0.2, -0.15) is 0 Å². The van der Waals surface area contributed by atoms with E-state index in [2.05, 4.69) is 5.32 Å². The molecule has 0 aliphatic rings. The van der Waals surface area contributed by atoms with Gasteiger partial charge in [0.25, 0.3) is 5.91 Å². The molecule has 0 radical (unpaired) electrons. The van der Waals surface area contributed by atoms with Gasteiger partial charge in [-0.1, -0.05) is 6.07 Å². The summed E-state index contributed by atoms with van der Waals surface area (Å²) in [6.45, 7) is 1.89. The van der Waals surface area contributed by atoms with Crippen LogP contribution in [-0.4, -0.2) is 20.1 Å². The first-order valence-electron chi connectivity index (χ1n) is 6.45. The van der Waals surface area contributed by atoms with Crippen LogP contribution in [0.2, 0.25) is 0 Å². The number of anilines is 2. The van der Waals surface area contributed by atoms with E-state index >= 15 is 0 Å². The molecule has 1 amide bonds. The zero-order valence-electron chi connectivity index (χ0n) is 12.3. The van der Waals surface area contributed by atoms with Crippen LogP contribution in [-0.2, 0) is 0 Å². The molecular weight excluding hydrogens is 268 g/mol. The molecule has 0 saturated heterocycles. The first kappa shape index (κ1) is 14.7. The Kier molecular flexibility index (Phi) is 4.33. The van der Waals surface area contributed by atoms with Crippen molar-refractivity contribution in [3.8, 4) is 11.5 Å². The third kappa shape index (κ3) is 3.08. The second-order valence-electron chi connectivity index (χ2n) is 4.57. The van der Waals surface area contributed by atoms with Gasteiger partial charge in [0.2, 0.25) is 0 Å². The van der Waals surface area contributed by atoms with Crippen molar-refractivity contribution in [1.82, 2.24) is 0 Å². The molecule has 0 fully saturated rings. The number of amides is 1. The predicted octanol–water partition coefficient (Wildman–Crippen LogP) is 2.85. The largest absolute Gasteiger partial charge is 0.493 e. The van der Waals surface area contributed by atoms with Gasteiger partial charge in [-0.25, -0.2) is 0 Å². The zero-order chi connectivity index (χ0) is 15.4. The number of aryl methyl sites for hydroxylation is 1. The number of carbonyl (C=O) groups excluding carboxylic acids is 1. The summed E-state index contributed by atoms with van der Waals surface area (Å²) in [6.07, 6.45) is 0. The van der Waals surface area contributed by atoms with Crippen molar-refractivity contribution >= 4 is 17.3 Å². The van der Waals surface area contributed by atoms with Gasteiger partial charge >= 0.3 is 0 Å². The van der Waals surface area contributed by atoms with Crippen LogP contribution in [0.5, 0.6) is 11.5 Å². The average Bonchev–Trinajstić information content (AvgIpc) is 2.49. The molecule has 21 heavy (non-hydrogen) atoms. The Bertz CT molecular complexity index is 669. The van der Waals surface area contributed by atoms with E-state index in [-0.39, 0.29) is 5.91 Å². The summed E-state index contributed by atoms with van der Waals surface area (Å²) in [6, 6.07) is 10.5. The molecule has 0 heterocycles. The molecule has 2 aromatic rings. The van der Waals surface area contributed by atoms with E-state index in [1.165, 1.54) is 14.2 Å². The van der Waals surface area contributed by atoms with Crippen LogP contribution in [0.15, 0.2) is 36.4 Å². The minimum absolute atomic E-state index is 0.269. The summed E-state index contributed by atoms with van der Waals surface area (Å²) >= 11 is 0. The molecule has 3 N–H and O–H groups in total. The molecule has 0 unspecified atom stereocenters.